The van der Waals surface area contributed by atoms with E-state index in [9.17, 15) is 0 Å². The summed E-state index contributed by atoms with van der Waals surface area (Å²) in [6.07, 6.45) is 10.5. The van der Waals surface area contributed by atoms with Gasteiger partial charge in [0, 0.05) is 24.7 Å². The molecule has 0 radical (unpaired) electrons. The maximum atomic E-state index is 6.02. The second-order valence-corrected chi connectivity index (χ2v) is 4.98. The van der Waals surface area contributed by atoms with Crippen molar-refractivity contribution < 1.29 is 0 Å². The molecule has 1 aromatic heterocycles. The zero-order valence-corrected chi connectivity index (χ0v) is 11.3. The second-order valence-electron chi connectivity index (χ2n) is 4.72. The summed E-state index contributed by atoms with van der Waals surface area (Å²) in [5, 5.41) is 0. The van der Waals surface area contributed by atoms with Gasteiger partial charge in [-0.05, 0) is 31.4 Å². The Labute approximate surface area is 109 Å². The number of nitrogens with zero attached hydrogens (tertiary/aromatic N) is 2. The fraction of sp³-hybridized carbons (Fsp3) is 0.643. The Balaban J connectivity index is 2.21. The molecule has 0 spiro atoms. The van der Waals surface area contributed by atoms with Crippen LogP contribution in [0.2, 0.25) is 0 Å². The van der Waals surface area contributed by atoms with Crippen LogP contribution in [0.15, 0.2) is 18.5 Å². The SMILES string of the molecule is CCN(c1cnccc1CCl)C1CCCCC1. The van der Waals surface area contributed by atoms with Crippen LogP contribution in [-0.4, -0.2) is 17.6 Å². The number of hydrogen-bond acceptors (Lipinski definition) is 2. The largest absolute Gasteiger partial charge is 0.367 e. The van der Waals surface area contributed by atoms with Gasteiger partial charge in [0.25, 0.3) is 0 Å². The summed E-state index contributed by atoms with van der Waals surface area (Å²) in [5.74, 6) is 0.571. The van der Waals surface area contributed by atoms with Crippen molar-refractivity contribution in [2.75, 3.05) is 11.4 Å². The normalized spacial score (nSPS) is 17.1. The molecule has 3 heteroatoms. The van der Waals surface area contributed by atoms with Crippen LogP contribution in [0.5, 0.6) is 0 Å². The van der Waals surface area contributed by atoms with E-state index < -0.39 is 0 Å². The highest BCUT2D eigenvalue weighted by molar-refractivity contribution is 6.17. The summed E-state index contributed by atoms with van der Waals surface area (Å²) >= 11 is 6.02. The van der Waals surface area contributed by atoms with Crippen molar-refractivity contribution in [3.8, 4) is 0 Å². The van der Waals surface area contributed by atoms with Crippen LogP contribution in [0, 0.1) is 0 Å². The number of pyridine rings is 1. The van der Waals surface area contributed by atoms with E-state index in [1.807, 2.05) is 18.5 Å². The lowest BCUT2D eigenvalue weighted by molar-refractivity contribution is 0.417. The summed E-state index contributed by atoms with van der Waals surface area (Å²) in [6.45, 7) is 3.26. The zero-order chi connectivity index (χ0) is 12.1. The topological polar surface area (TPSA) is 16.1 Å². The Bertz CT molecular complexity index is 348. The lowest BCUT2D eigenvalue weighted by atomic mass is 9.93. The number of alkyl halides is 1. The van der Waals surface area contributed by atoms with Crippen LogP contribution in [0.3, 0.4) is 0 Å². The quantitative estimate of drug-likeness (QED) is 0.754. The molecular formula is C14H21ClN2. The van der Waals surface area contributed by atoms with E-state index in [1.165, 1.54) is 43.4 Å². The van der Waals surface area contributed by atoms with Crippen molar-refractivity contribution in [2.24, 2.45) is 0 Å². The van der Waals surface area contributed by atoms with Gasteiger partial charge in [-0.15, -0.1) is 11.6 Å². The predicted molar refractivity (Wildman–Crippen MR) is 73.7 cm³/mol. The molecular weight excluding hydrogens is 232 g/mol. The van der Waals surface area contributed by atoms with Crippen molar-refractivity contribution in [3.63, 3.8) is 0 Å². The molecule has 0 saturated heterocycles. The minimum Gasteiger partial charge on any atom is -0.367 e. The molecule has 1 aliphatic rings. The molecule has 0 aromatic carbocycles. The van der Waals surface area contributed by atoms with E-state index in [0.717, 1.165) is 6.54 Å². The van der Waals surface area contributed by atoms with Gasteiger partial charge in [-0.3, -0.25) is 4.98 Å². The minimum absolute atomic E-state index is 0.571. The molecule has 1 aliphatic carbocycles. The van der Waals surface area contributed by atoms with Gasteiger partial charge < -0.3 is 4.90 Å². The molecule has 0 bridgehead atoms. The van der Waals surface area contributed by atoms with E-state index >= 15 is 0 Å². The molecule has 1 saturated carbocycles. The highest BCUT2D eigenvalue weighted by Gasteiger charge is 2.21. The molecule has 17 heavy (non-hydrogen) atoms. The number of rotatable bonds is 4. The van der Waals surface area contributed by atoms with Crippen LogP contribution >= 0.6 is 11.6 Å². The molecule has 0 unspecified atom stereocenters. The molecule has 2 rings (SSSR count). The summed E-state index contributed by atoms with van der Waals surface area (Å²) < 4.78 is 0. The first kappa shape index (κ1) is 12.7. The van der Waals surface area contributed by atoms with Crippen LogP contribution in [0.4, 0.5) is 5.69 Å². The van der Waals surface area contributed by atoms with Crippen molar-refractivity contribution >= 4 is 17.3 Å². The van der Waals surface area contributed by atoms with Crippen molar-refractivity contribution in [3.05, 3.63) is 24.0 Å². The zero-order valence-electron chi connectivity index (χ0n) is 10.5. The van der Waals surface area contributed by atoms with Crippen molar-refractivity contribution in [1.82, 2.24) is 4.98 Å². The smallest absolute Gasteiger partial charge is 0.0599 e. The van der Waals surface area contributed by atoms with E-state index in [4.69, 9.17) is 11.6 Å². The highest BCUT2D eigenvalue weighted by atomic mass is 35.5. The fourth-order valence-electron chi connectivity index (χ4n) is 2.80. The third-order valence-electron chi connectivity index (χ3n) is 3.70. The molecule has 0 atom stereocenters. The van der Waals surface area contributed by atoms with Gasteiger partial charge in [0.1, 0.15) is 0 Å². The van der Waals surface area contributed by atoms with Crippen molar-refractivity contribution in [1.29, 1.82) is 0 Å². The van der Waals surface area contributed by atoms with Gasteiger partial charge in [-0.1, -0.05) is 19.3 Å². The average molecular weight is 253 g/mol. The molecule has 1 heterocycles. The Hall–Kier alpha value is -0.760. The number of aromatic nitrogens is 1. The first-order valence-corrected chi connectivity index (χ1v) is 7.15. The first-order chi connectivity index (χ1) is 8.36. The molecule has 94 valence electrons. The second kappa shape index (κ2) is 6.25. The third-order valence-corrected chi connectivity index (χ3v) is 3.99. The van der Waals surface area contributed by atoms with Gasteiger partial charge >= 0.3 is 0 Å². The molecule has 2 nitrogen and oxygen atoms in total. The fourth-order valence-corrected chi connectivity index (χ4v) is 3.03. The van der Waals surface area contributed by atoms with Gasteiger partial charge in [-0.2, -0.15) is 0 Å². The number of anilines is 1. The van der Waals surface area contributed by atoms with E-state index in [2.05, 4.69) is 16.8 Å². The van der Waals surface area contributed by atoms with Crippen LogP contribution in [0.1, 0.15) is 44.6 Å². The summed E-state index contributed by atoms with van der Waals surface area (Å²) in [7, 11) is 0. The van der Waals surface area contributed by atoms with E-state index in [0.29, 0.717) is 11.9 Å². The number of halogens is 1. The first-order valence-electron chi connectivity index (χ1n) is 6.62. The summed E-state index contributed by atoms with van der Waals surface area (Å²) in [5.41, 5.74) is 2.44. The predicted octanol–water partition coefficient (Wildman–Crippen LogP) is 3.98. The molecule has 1 fully saturated rings. The van der Waals surface area contributed by atoms with Crippen LogP contribution in [-0.2, 0) is 5.88 Å². The van der Waals surface area contributed by atoms with Crippen LogP contribution in [0.25, 0.3) is 0 Å². The lowest BCUT2D eigenvalue weighted by Crippen LogP contribution is -2.37. The standard InChI is InChI=1S/C14H21ClN2/c1-2-17(13-6-4-3-5-7-13)14-11-16-9-8-12(14)10-15/h8-9,11,13H,2-7,10H2,1H3. The average Bonchev–Trinajstić information content (AvgIpc) is 2.41. The molecule has 0 N–H and O–H groups in total. The number of hydrogen-bond donors (Lipinski definition) is 0. The van der Waals surface area contributed by atoms with Gasteiger partial charge in [0.05, 0.1) is 11.9 Å². The maximum Gasteiger partial charge on any atom is 0.0599 e. The third kappa shape index (κ3) is 2.92. The summed E-state index contributed by atoms with van der Waals surface area (Å²) in [6, 6.07) is 2.72. The van der Waals surface area contributed by atoms with Gasteiger partial charge in [0.2, 0.25) is 0 Å². The van der Waals surface area contributed by atoms with Gasteiger partial charge in [-0.25, -0.2) is 0 Å². The minimum atomic E-state index is 0.571. The molecule has 0 amide bonds. The van der Waals surface area contributed by atoms with E-state index in [-0.39, 0.29) is 0 Å². The monoisotopic (exact) mass is 252 g/mol. The Kier molecular flexibility index (Phi) is 4.66. The van der Waals surface area contributed by atoms with Crippen molar-refractivity contribution in [2.45, 2.75) is 50.9 Å². The van der Waals surface area contributed by atoms with Gasteiger partial charge in [0.15, 0.2) is 0 Å². The highest BCUT2D eigenvalue weighted by Crippen LogP contribution is 2.29. The van der Waals surface area contributed by atoms with Crippen LogP contribution < -0.4 is 4.90 Å². The van der Waals surface area contributed by atoms with E-state index in [1.54, 1.807) is 0 Å². The Morgan fingerprint density at radius 1 is 1.35 bits per heavy atom. The molecule has 0 aliphatic heterocycles. The maximum absolute atomic E-state index is 6.02. The Morgan fingerprint density at radius 3 is 2.76 bits per heavy atom. The molecule has 1 aromatic rings. The Morgan fingerprint density at radius 2 is 2.12 bits per heavy atom. The lowest BCUT2D eigenvalue weighted by Gasteiger charge is -2.36. The summed E-state index contributed by atoms with van der Waals surface area (Å²) in [4.78, 5) is 6.75.